The molecule has 0 aliphatic carbocycles. The van der Waals surface area contributed by atoms with E-state index in [-0.39, 0.29) is 11.7 Å². The van der Waals surface area contributed by atoms with Crippen LogP contribution in [-0.4, -0.2) is 36.0 Å². The van der Waals surface area contributed by atoms with Gasteiger partial charge in [-0.25, -0.2) is 4.39 Å². The standard InChI is InChI=1S/C24H26FN3O2/c1-17(29)27-24(19-4-6-20(25)7-5-19)11-13-28(14-12-24)16-21-8-3-18-15-22(30-2)9-10-23(18)26-21/h3-10,15H,11-14,16H2,1-2H3,(H,27,29). The Balaban J connectivity index is 1.48. The Labute approximate surface area is 175 Å². The summed E-state index contributed by atoms with van der Waals surface area (Å²) in [7, 11) is 1.66. The second kappa shape index (κ2) is 8.40. The maximum absolute atomic E-state index is 13.4. The van der Waals surface area contributed by atoms with Crippen molar-refractivity contribution in [3.05, 3.63) is 71.7 Å². The van der Waals surface area contributed by atoms with Crippen LogP contribution >= 0.6 is 0 Å². The third-order valence-corrected chi connectivity index (χ3v) is 5.86. The fraction of sp³-hybridized carbons (Fsp3) is 0.333. The summed E-state index contributed by atoms with van der Waals surface area (Å²) >= 11 is 0. The third-order valence-electron chi connectivity index (χ3n) is 5.86. The topological polar surface area (TPSA) is 54.5 Å². The molecule has 2 aromatic carbocycles. The highest BCUT2D eigenvalue weighted by Gasteiger charge is 2.37. The molecule has 0 atom stereocenters. The van der Waals surface area contributed by atoms with Crippen molar-refractivity contribution in [2.24, 2.45) is 0 Å². The summed E-state index contributed by atoms with van der Waals surface area (Å²) in [5, 5.41) is 4.19. The second-order valence-electron chi connectivity index (χ2n) is 7.91. The zero-order valence-corrected chi connectivity index (χ0v) is 17.3. The van der Waals surface area contributed by atoms with Crippen LogP contribution in [0, 0.1) is 5.82 Å². The molecule has 0 bridgehead atoms. The Kier molecular flexibility index (Phi) is 5.68. The summed E-state index contributed by atoms with van der Waals surface area (Å²) in [6.07, 6.45) is 1.53. The first-order valence-electron chi connectivity index (χ1n) is 10.2. The number of nitrogens with one attached hydrogen (secondary N) is 1. The van der Waals surface area contributed by atoms with E-state index in [0.29, 0.717) is 0 Å². The molecule has 1 amide bonds. The summed E-state index contributed by atoms with van der Waals surface area (Å²) in [4.78, 5) is 19.0. The molecular weight excluding hydrogens is 381 g/mol. The number of aromatic nitrogens is 1. The van der Waals surface area contributed by atoms with Gasteiger partial charge in [-0.3, -0.25) is 14.7 Å². The molecule has 0 spiro atoms. The number of pyridine rings is 1. The molecule has 0 unspecified atom stereocenters. The normalized spacial score (nSPS) is 16.4. The van der Waals surface area contributed by atoms with Crippen LogP contribution < -0.4 is 10.1 Å². The lowest BCUT2D eigenvalue weighted by Crippen LogP contribution is -2.52. The lowest BCUT2D eigenvalue weighted by molar-refractivity contribution is -0.121. The molecule has 6 heteroatoms. The molecular formula is C24H26FN3O2. The van der Waals surface area contributed by atoms with E-state index in [4.69, 9.17) is 9.72 Å². The number of piperidine rings is 1. The van der Waals surface area contributed by atoms with Gasteiger partial charge in [-0.2, -0.15) is 0 Å². The van der Waals surface area contributed by atoms with Crippen LogP contribution in [0.15, 0.2) is 54.6 Å². The van der Waals surface area contributed by atoms with Gasteiger partial charge >= 0.3 is 0 Å². The highest BCUT2D eigenvalue weighted by Crippen LogP contribution is 2.33. The van der Waals surface area contributed by atoms with Crippen molar-refractivity contribution < 1.29 is 13.9 Å². The molecule has 2 heterocycles. The summed E-state index contributed by atoms with van der Waals surface area (Å²) in [6.45, 7) is 3.92. The zero-order chi connectivity index (χ0) is 21.1. The third kappa shape index (κ3) is 4.28. The number of rotatable bonds is 5. The lowest BCUT2D eigenvalue weighted by Gasteiger charge is -2.42. The van der Waals surface area contributed by atoms with E-state index in [1.807, 2.05) is 18.2 Å². The van der Waals surface area contributed by atoms with Crippen LogP contribution in [-0.2, 0) is 16.9 Å². The van der Waals surface area contributed by atoms with Crippen LogP contribution in [0.2, 0.25) is 0 Å². The molecule has 1 aliphatic heterocycles. The molecule has 4 rings (SSSR count). The Bertz CT molecular complexity index is 1040. The average molecular weight is 407 g/mol. The second-order valence-corrected chi connectivity index (χ2v) is 7.91. The van der Waals surface area contributed by atoms with Gasteiger partial charge in [0.1, 0.15) is 11.6 Å². The van der Waals surface area contributed by atoms with E-state index >= 15 is 0 Å². The number of carbonyl (C=O) groups is 1. The summed E-state index contributed by atoms with van der Waals surface area (Å²) < 4.78 is 18.7. The van der Waals surface area contributed by atoms with Crippen molar-refractivity contribution in [2.45, 2.75) is 31.8 Å². The molecule has 0 saturated carbocycles. The molecule has 1 N–H and O–H groups in total. The Morgan fingerprint density at radius 2 is 1.87 bits per heavy atom. The van der Waals surface area contributed by atoms with Gasteiger partial charge in [0.05, 0.1) is 23.9 Å². The Morgan fingerprint density at radius 3 is 2.53 bits per heavy atom. The van der Waals surface area contributed by atoms with E-state index in [1.54, 1.807) is 19.2 Å². The van der Waals surface area contributed by atoms with Crippen LogP contribution in [0.25, 0.3) is 10.9 Å². The molecule has 1 fully saturated rings. The van der Waals surface area contributed by atoms with Crippen LogP contribution in [0.3, 0.4) is 0 Å². The van der Waals surface area contributed by atoms with Crippen molar-refractivity contribution in [3.8, 4) is 5.75 Å². The molecule has 1 aromatic heterocycles. The van der Waals surface area contributed by atoms with Gasteiger partial charge in [0.2, 0.25) is 5.91 Å². The summed E-state index contributed by atoms with van der Waals surface area (Å²) in [5.41, 5.74) is 2.46. The minimum Gasteiger partial charge on any atom is -0.497 e. The summed E-state index contributed by atoms with van der Waals surface area (Å²) in [5.74, 6) is 0.483. The molecule has 5 nitrogen and oxygen atoms in total. The number of nitrogens with zero attached hydrogens (tertiary/aromatic N) is 2. The smallest absolute Gasteiger partial charge is 0.217 e. The highest BCUT2D eigenvalue weighted by atomic mass is 19.1. The maximum Gasteiger partial charge on any atom is 0.217 e. The zero-order valence-electron chi connectivity index (χ0n) is 17.3. The molecule has 30 heavy (non-hydrogen) atoms. The fourth-order valence-electron chi connectivity index (χ4n) is 4.27. The number of benzene rings is 2. The number of hydrogen-bond acceptors (Lipinski definition) is 4. The van der Waals surface area contributed by atoms with E-state index in [1.165, 1.54) is 19.1 Å². The SMILES string of the molecule is COc1ccc2nc(CN3CCC(NC(C)=O)(c4ccc(F)cc4)CC3)ccc2c1. The van der Waals surface area contributed by atoms with Gasteiger partial charge in [0.15, 0.2) is 0 Å². The monoisotopic (exact) mass is 407 g/mol. The van der Waals surface area contributed by atoms with Gasteiger partial charge in [0.25, 0.3) is 0 Å². The quantitative estimate of drug-likeness (QED) is 0.694. The van der Waals surface area contributed by atoms with Crippen molar-refractivity contribution in [3.63, 3.8) is 0 Å². The minimum absolute atomic E-state index is 0.0700. The largest absolute Gasteiger partial charge is 0.497 e. The van der Waals surface area contributed by atoms with E-state index in [0.717, 1.165) is 60.4 Å². The number of methoxy groups -OCH3 is 1. The minimum atomic E-state index is -0.455. The van der Waals surface area contributed by atoms with Gasteiger partial charge < -0.3 is 10.1 Å². The van der Waals surface area contributed by atoms with Crippen molar-refractivity contribution in [2.75, 3.05) is 20.2 Å². The van der Waals surface area contributed by atoms with Gasteiger partial charge in [-0.15, -0.1) is 0 Å². The first kappa shape index (κ1) is 20.3. The molecule has 0 radical (unpaired) electrons. The predicted molar refractivity (Wildman–Crippen MR) is 115 cm³/mol. The first-order valence-corrected chi connectivity index (χ1v) is 10.2. The Hall–Kier alpha value is -2.99. The van der Waals surface area contributed by atoms with Crippen molar-refractivity contribution in [1.29, 1.82) is 0 Å². The summed E-state index contributed by atoms with van der Waals surface area (Å²) in [6, 6.07) is 16.5. The lowest BCUT2D eigenvalue weighted by atomic mass is 9.80. The van der Waals surface area contributed by atoms with E-state index in [9.17, 15) is 9.18 Å². The number of likely N-dealkylation sites (tertiary alicyclic amines) is 1. The Morgan fingerprint density at radius 1 is 1.13 bits per heavy atom. The van der Waals surface area contributed by atoms with Crippen molar-refractivity contribution >= 4 is 16.8 Å². The maximum atomic E-state index is 13.4. The highest BCUT2D eigenvalue weighted by molar-refractivity contribution is 5.80. The number of carbonyl (C=O) groups excluding carboxylic acids is 1. The van der Waals surface area contributed by atoms with Crippen LogP contribution in [0.5, 0.6) is 5.75 Å². The van der Waals surface area contributed by atoms with Gasteiger partial charge in [0, 0.05) is 31.9 Å². The number of ether oxygens (including phenoxy) is 1. The van der Waals surface area contributed by atoms with Crippen LogP contribution in [0.1, 0.15) is 31.0 Å². The van der Waals surface area contributed by atoms with Gasteiger partial charge in [-0.1, -0.05) is 18.2 Å². The van der Waals surface area contributed by atoms with E-state index < -0.39 is 5.54 Å². The molecule has 1 aliphatic rings. The average Bonchev–Trinajstić information content (AvgIpc) is 2.75. The first-order chi connectivity index (χ1) is 14.5. The number of amides is 1. The van der Waals surface area contributed by atoms with Crippen LogP contribution in [0.4, 0.5) is 4.39 Å². The molecule has 3 aromatic rings. The molecule has 156 valence electrons. The molecule has 1 saturated heterocycles. The predicted octanol–water partition coefficient (Wildman–Crippen LogP) is 4.01. The number of halogens is 1. The van der Waals surface area contributed by atoms with Crippen molar-refractivity contribution in [1.82, 2.24) is 15.2 Å². The number of hydrogen-bond donors (Lipinski definition) is 1. The number of fused-ring (bicyclic) bond motifs is 1. The van der Waals surface area contributed by atoms with Gasteiger partial charge in [-0.05, 0) is 54.8 Å². The van der Waals surface area contributed by atoms with E-state index in [2.05, 4.69) is 22.3 Å². The fourth-order valence-corrected chi connectivity index (χ4v) is 4.27.